The molecule has 0 spiro atoms. The van der Waals surface area contributed by atoms with E-state index in [0.29, 0.717) is 36.0 Å². The van der Waals surface area contributed by atoms with Crippen LogP contribution in [-0.4, -0.2) is 25.7 Å². The second kappa shape index (κ2) is 7.03. The van der Waals surface area contributed by atoms with Crippen molar-refractivity contribution >= 4 is 23.2 Å². The lowest BCUT2D eigenvalue weighted by Crippen LogP contribution is -2.27. The number of carbonyl (C=O) groups excluding carboxylic acids is 1. The molecule has 0 fully saturated rings. The van der Waals surface area contributed by atoms with Crippen LogP contribution in [0.25, 0.3) is 0 Å². The fourth-order valence-electron chi connectivity index (χ4n) is 1.27. The summed E-state index contributed by atoms with van der Waals surface area (Å²) in [6, 6.07) is 4.78. The number of anilines is 1. The van der Waals surface area contributed by atoms with Crippen molar-refractivity contribution in [1.29, 1.82) is 0 Å². The van der Waals surface area contributed by atoms with E-state index in [1.807, 2.05) is 6.92 Å². The summed E-state index contributed by atoms with van der Waals surface area (Å²) in [7, 11) is 0. The molecule has 3 N–H and O–H groups in total. The number of amides is 1. The maximum atomic E-state index is 11.7. The van der Waals surface area contributed by atoms with Crippen LogP contribution in [0.2, 0.25) is 5.02 Å². The van der Waals surface area contributed by atoms with Crippen LogP contribution in [0.1, 0.15) is 17.3 Å². The van der Waals surface area contributed by atoms with Gasteiger partial charge < -0.3 is 15.8 Å². The molecule has 0 heterocycles. The predicted molar refractivity (Wildman–Crippen MR) is 73.8 cm³/mol. The predicted octanol–water partition coefficient (Wildman–Crippen LogP) is 2.24. The van der Waals surface area contributed by atoms with E-state index >= 15 is 0 Å². The van der Waals surface area contributed by atoms with Gasteiger partial charge in [0, 0.05) is 12.1 Å². The van der Waals surface area contributed by atoms with Gasteiger partial charge in [0.2, 0.25) is 0 Å². The molecule has 1 amide bonds. The molecular formula is C13H17ClN2O2. The fraction of sp³-hybridized carbons (Fsp3) is 0.308. The van der Waals surface area contributed by atoms with Gasteiger partial charge in [-0.05, 0) is 25.1 Å². The fourth-order valence-corrected chi connectivity index (χ4v) is 1.39. The van der Waals surface area contributed by atoms with Gasteiger partial charge in [-0.3, -0.25) is 4.79 Å². The number of rotatable bonds is 6. The monoisotopic (exact) mass is 268 g/mol. The Bertz CT molecular complexity index is 447. The highest BCUT2D eigenvalue weighted by Gasteiger charge is 2.06. The van der Waals surface area contributed by atoms with Gasteiger partial charge in [-0.25, -0.2) is 0 Å². The van der Waals surface area contributed by atoms with Crippen LogP contribution in [0.3, 0.4) is 0 Å². The molecule has 0 aliphatic rings. The van der Waals surface area contributed by atoms with E-state index in [1.165, 1.54) is 0 Å². The molecule has 1 aromatic rings. The third kappa shape index (κ3) is 4.77. The molecule has 1 aromatic carbocycles. The molecule has 0 saturated heterocycles. The Kier molecular flexibility index (Phi) is 5.68. The largest absolute Gasteiger partial charge is 0.398 e. The Morgan fingerprint density at radius 1 is 1.56 bits per heavy atom. The Morgan fingerprint density at radius 3 is 2.89 bits per heavy atom. The van der Waals surface area contributed by atoms with Crippen LogP contribution >= 0.6 is 11.6 Å². The Labute approximate surface area is 112 Å². The summed E-state index contributed by atoms with van der Waals surface area (Å²) in [6.07, 6.45) is 0. The van der Waals surface area contributed by atoms with E-state index in [9.17, 15) is 4.79 Å². The van der Waals surface area contributed by atoms with E-state index in [0.717, 1.165) is 5.57 Å². The Morgan fingerprint density at radius 2 is 2.28 bits per heavy atom. The average Bonchev–Trinajstić information content (AvgIpc) is 2.31. The van der Waals surface area contributed by atoms with Crippen molar-refractivity contribution in [2.75, 3.05) is 25.5 Å². The quantitative estimate of drug-likeness (QED) is 0.472. The van der Waals surface area contributed by atoms with Crippen molar-refractivity contribution < 1.29 is 9.53 Å². The molecule has 5 heteroatoms. The number of halogens is 1. The molecule has 4 nitrogen and oxygen atoms in total. The number of nitrogens with two attached hydrogens (primary N) is 1. The number of benzene rings is 1. The van der Waals surface area contributed by atoms with Crippen molar-refractivity contribution in [3.05, 3.63) is 40.9 Å². The van der Waals surface area contributed by atoms with E-state index in [4.69, 9.17) is 22.1 Å². The molecule has 0 bridgehead atoms. The second-order valence-electron chi connectivity index (χ2n) is 4.00. The maximum absolute atomic E-state index is 11.7. The van der Waals surface area contributed by atoms with Crippen molar-refractivity contribution in [1.82, 2.24) is 5.32 Å². The van der Waals surface area contributed by atoms with E-state index < -0.39 is 0 Å². The summed E-state index contributed by atoms with van der Waals surface area (Å²) < 4.78 is 5.26. The average molecular weight is 269 g/mol. The lowest BCUT2D eigenvalue weighted by atomic mass is 10.2. The molecule has 0 saturated carbocycles. The summed E-state index contributed by atoms with van der Waals surface area (Å²) in [5.74, 6) is -0.197. The zero-order valence-corrected chi connectivity index (χ0v) is 11.1. The first kappa shape index (κ1) is 14.5. The van der Waals surface area contributed by atoms with Gasteiger partial charge in [0.1, 0.15) is 0 Å². The first-order chi connectivity index (χ1) is 8.50. The normalized spacial score (nSPS) is 10.1. The number of hydrogen-bond donors (Lipinski definition) is 2. The van der Waals surface area contributed by atoms with Gasteiger partial charge in [-0.15, -0.1) is 0 Å². The zero-order chi connectivity index (χ0) is 13.5. The lowest BCUT2D eigenvalue weighted by Gasteiger charge is -2.07. The van der Waals surface area contributed by atoms with Crippen molar-refractivity contribution in [2.24, 2.45) is 0 Å². The minimum absolute atomic E-state index is 0.197. The number of hydrogen-bond acceptors (Lipinski definition) is 3. The third-order valence-corrected chi connectivity index (χ3v) is 2.48. The molecule has 1 rings (SSSR count). The van der Waals surface area contributed by atoms with Gasteiger partial charge >= 0.3 is 0 Å². The first-order valence-corrected chi connectivity index (χ1v) is 5.94. The topological polar surface area (TPSA) is 64.3 Å². The van der Waals surface area contributed by atoms with Crippen molar-refractivity contribution in [3.63, 3.8) is 0 Å². The van der Waals surface area contributed by atoms with Gasteiger partial charge in [-0.2, -0.15) is 0 Å². The molecule has 0 atom stereocenters. The smallest absolute Gasteiger partial charge is 0.251 e. The van der Waals surface area contributed by atoms with Gasteiger partial charge in [-0.1, -0.05) is 23.8 Å². The van der Waals surface area contributed by atoms with Crippen molar-refractivity contribution in [3.8, 4) is 0 Å². The Balaban J connectivity index is 2.36. The highest BCUT2D eigenvalue weighted by atomic mass is 35.5. The summed E-state index contributed by atoms with van der Waals surface area (Å²) in [6.45, 7) is 6.99. The van der Waals surface area contributed by atoms with Crippen molar-refractivity contribution in [2.45, 2.75) is 6.92 Å². The second-order valence-corrected chi connectivity index (χ2v) is 4.41. The van der Waals surface area contributed by atoms with Crippen LogP contribution in [0.15, 0.2) is 30.4 Å². The van der Waals surface area contributed by atoms with Crippen LogP contribution in [-0.2, 0) is 4.74 Å². The summed E-state index contributed by atoms with van der Waals surface area (Å²) in [5.41, 5.74) is 7.45. The molecule has 18 heavy (non-hydrogen) atoms. The standard InChI is InChI=1S/C13H17ClN2O2/c1-9(2)8-18-6-5-16-13(17)10-3-4-11(14)12(15)7-10/h3-4,7H,1,5-6,8,15H2,2H3,(H,16,17). The molecule has 0 aromatic heterocycles. The SMILES string of the molecule is C=C(C)COCCNC(=O)c1ccc(Cl)c(N)c1. The van der Waals surface area contributed by atoms with Crippen LogP contribution in [0.5, 0.6) is 0 Å². The summed E-state index contributed by atoms with van der Waals surface area (Å²) in [5, 5.41) is 3.17. The van der Waals surface area contributed by atoms with E-state index in [1.54, 1.807) is 18.2 Å². The number of ether oxygens (including phenoxy) is 1. The highest BCUT2D eigenvalue weighted by Crippen LogP contribution is 2.19. The zero-order valence-electron chi connectivity index (χ0n) is 10.3. The molecule has 98 valence electrons. The summed E-state index contributed by atoms with van der Waals surface area (Å²) >= 11 is 5.78. The minimum atomic E-state index is -0.197. The molecule has 0 unspecified atom stereocenters. The van der Waals surface area contributed by atoms with Crippen LogP contribution < -0.4 is 11.1 Å². The first-order valence-electron chi connectivity index (χ1n) is 5.56. The molecular weight excluding hydrogens is 252 g/mol. The number of nitrogens with one attached hydrogen (secondary N) is 1. The van der Waals surface area contributed by atoms with Gasteiger partial charge in [0.05, 0.1) is 23.9 Å². The van der Waals surface area contributed by atoms with Gasteiger partial charge in [0.25, 0.3) is 5.91 Å². The highest BCUT2D eigenvalue weighted by molar-refractivity contribution is 6.33. The van der Waals surface area contributed by atoms with E-state index in [2.05, 4.69) is 11.9 Å². The third-order valence-electron chi connectivity index (χ3n) is 2.14. The van der Waals surface area contributed by atoms with E-state index in [-0.39, 0.29) is 5.91 Å². The molecule has 0 radical (unpaired) electrons. The minimum Gasteiger partial charge on any atom is -0.398 e. The lowest BCUT2D eigenvalue weighted by molar-refractivity contribution is 0.0927. The van der Waals surface area contributed by atoms with Crippen LogP contribution in [0, 0.1) is 0 Å². The van der Waals surface area contributed by atoms with Crippen LogP contribution in [0.4, 0.5) is 5.69 Å². The maximum Gasteiger partial charge on any atom is 0.251 e. The molecule has 0 aliphatic heterocycles. The number of nitrogen functional groups attached to an aromatic ring is 1. The Hall–Kier alpha value is -1.52. The molecule has 0 aliphatic carbocycles. The number of carbonyl (C=O) groups is 1. The summed E-state index contributed by atoms with van der Waals surface area (Å²) in [4.78, 5) is 11.7. The van der Waals surface area contributed by atoms with Gasteiger partial charge in [0.15, 0.2) is 0 Å².